The van der Waals surface area contributed by atoms with E-state index >= 15 is 0 Å². The first-order chi connectivity index (χ1) is 10.2. The van der Waals surface area contributed by atoms with Crippen molar-refractivity contribution in [2.75, 3.05) is 19.8 Å². The first kappa shape index (κ1) is 17.5. The second kappa shape index (κ2) is 10.2. The van der Waals surface area contributed by atoms with Gasteiger partial charge in [0, 0.05) is 13.2 Å². The molecule has 0 radical (unpaired) electrons. The van der Waals surface area contributed by atoms with Gasteiger partial charge in [0.15, 0.2) is 6.61 Å². The van der Waals surface area contributed by atoms with Crippen LogP contribution in [-0.2, 0) is 11.3 Å². The van der Waals surface area contributed by atoms with Gasteiger partial charge in [0.05, 0.1) is 0 Å². The summed E-state index contributed by atoms with van der Waals surface area (Å²) in [6, 6.07) is 7.59. The Bertz CT molecular complexity index is 400. The highest BCUT2D eigenvalue weighted by Crippen LogP contribution is 2.13. The van der Waals surface area contributed by atoms with Crippen LogP contribution in [0.4, 0.5) is 0 Å². The molecule has 1 unspecified atom stereocenters. The lowest BCUT2D eigenvalue weighted by atomic mass is 10.0. The van der Waals surface area contributed by atoms with Gasteiger partial charge >= 0.3 is 0 Å². The number of carbonyl (C=O) groups excluding carboxylic acids is 1. The molecule has 4 N–H and O–H groups in total. The molecule has 0 aliphatic carbocycles. The van der Waals surface area contributed by atoms with Gasteiger partial charge in [-0.15, -0.1) is 0 Å². The first-order valence-electron chi connectivity index (χ1n) is 7.47. The molecule has 5 nitrogen and oxygen atoms in total. The molecule has 0 saturated heterocycles. The number of nitrogens with two attached hydrogens (primary N) is 1. The van der Waals surface area contributed by atoms with Crippen molar-refractivity contribution >= 4 is 5.91 Å². The summed E-state index contributed by atoms with van der Waals surface area (Å²) in [6.07, 6.45) is 3.12. The van der Waals surface area contributed by atoms with Crippen LogP contribution in [0.25, 0.3) is 0 Å². The van der Waals surface area contributed by atoms with Gasteiger partial charge in [-0.2, -0.15) is 0 Å². The van der Waals surface area contributed by atoms with E-state index in [0.717, 1.165) is 37.9 Å². The Hall–Kier alpha value is -1.59. The number of rotatable bonds is 11. The Kier molecular flexibility index (Phi) is 8.47. The van der Waals surface area contributed by atoms with Crippen molar-refractivity contribution < 1.29 is 14.6 Å². The Labute approximate surface area is 126 Å². The molecule has 0 aliphatic heterocycles. The molecule has 1 amide bonds. The molecule has 1 aromatic carbocycles. The first-order valence-corrected chi connectivity index (χ1v) is 7.47. The second-order valence-corrected chi connectivity index (χ2v) is 5.20. The van der Waals surface area contributed by atoms with Gasteiger partial charge < -0.3 is 20.9 Å². The molecule has 0 fully saturated rings. The van der Waals surface area contributed by atoms with Gasteiger partial charge in [0.2, 0.25) is 0 Å². The Morgan fingerprint density at radius 1 is 1.33 bits per heavy atom. The van der Waals surface area contributed by atoms with Crippen molar-refractivity contribution in [3.8, 4) is 5.75 Å². The molecule has 1 rings (SSSR count). The highest BCUT2D eigenvalue weighted by molar-refractivity contribution is 5.75. The molecular formula is C16H26N2O3. The van der Waals surface area contributed by atoms with E-state index in [1.807, 2.05) is 24.3 Å². The molecule has 0 saturated carbocycles. The van der Waals surface area contributed by atoms with Crippen molar-refractivity contribution in [3.63, 3.8) is 0 Å². The minimum atomic E-state index is -0.480. The van der Waals surface area contributed by atoms with E-state index in [9.17, 15) is 4.79 Å². The van der Waals surface area contributed by atoms with Crippen LogP contribution in [0, 0.1) is 5.92 Å². The van der Waals surface area contributed by atoms with Crippen LogP contribution in [0.3, 0.4) is 0 Å². The zero-order valence-corrected chi connectivity index (χ0v) is 12.7. The zero-order valence-electron chi connectivity index (χ0n) is 12.7. The summed E-state index contributed by atoms with van der Waals surface area (Å²) in [5, 5.41) is 12.4. The largest absolute Gasteiger partial charge is 0.484 e. The summed E-state index contributed by atoms with van der Waals surface area (Å²) < 4.78 is 5.21. The SMILES string of the molecule is CCCC(CCO)CNCc1ccc(OCC(N)=O)cc1. The van der Waals surface area contributed by atoms with Crippen molar-refractivity contribution in [2.24, 2.45) is 11.7 Å². The number of ether oxygens (including phenoxy) is 1. The monoisotopic (exact) mass is 294 g/mol. The van der Waals surface area contributed by atoms with Crippen molar-refractivity contribution in [3.05, 3.63) is 29.8 Å². The lowest BCUT2D eigenvalue weighted by Crippen LogP contribution is -2.23. The fraction of sp³-hybridized carbons (Fsp3) is 0.562. The smallest absolute Gasteiger partial charge is 0.255 e. The molecule has 21 heavy (non-hydrogen) atoms. The predicted molar refractivity (Wildman–Crippen MR) is 82.9 cm³/mol. The Balaban J connectivity index is 2.33. The van der Waals surface area contributed by atoms with Crippen LogP contribution in [0.2, 0.25) is 0 Å². The minimum Gasteiger partial charge on any atom is -0.484 e. The highest BCUT2D eigenvalue weighted by Gasteiger charge is 2.06. The minimum absolute atomic E-state index is 0.0997. The van der Waals surface area contributed by atoms with Crippen LogP contribution in [0.5, 0.6) is 5.75 Å². The number of amides is 1. The van der Waals surface area contributed by atoms with Crippen LogP contribution in [0.1, 0.15) is 31.7 Å². The quantitative estimate of drug-likeness (QED) is 0.576. The molecule has 0 aromatic heterocycles. The number of aliphatic hydroxyl groups excluding tert-OH is 1. The van der Waals surface area contributed by atoms with E-state index in [1.54, 1.807) is 0 Å². The molecule has 0 aliphatic rings. The molecule has 118 valence electrons. The predicted octanol–water partition coefficient (Wildman–Crippen LogP) is 1.44. The van der Waals surface area contributed by atoms with E-state index in [4.69, 9.17) is 15.6 Å². The zero-order chi connectivity index (χ0) is 15.5. The molecule has 1 aromatic rings. The van der Waals surface area contributed by atoms with Crippen LogP contribution in [-0.4, -0.2) is 30.8 Å². The number of hydrogen-bond donors (Lipinski definition) is 3. The third-order valence-electron chi connectivity index (χ3n) is 3.30. The number of benzene rings is 1. The van der Waals surface area contributed by atoms with Crippen molar-refractivity contribution in [2.45, 2.75) is 32.7 Å². The van der Waals surface area contributed by atoms with E-state index < -0.39 is 5.91 Å². The van der Waals surface area contributed by atoms with Gasteiger partial charge in [0.25, 0.3) is 5.91 Å². The van der Waals surface area contributed by atoms with Crippen LogP contribution < -0.4 is 15.8 Å². The van der Waals surface area contributed by atoms with E-state index in [0.29, 0.717) is 11.7 Å². The Morgan fingerprint density at radius 3 is 2.62 bits per heavy atom. The second-order valence-electron chi connectivity index (χ2n) is 5.20. The maximum Gasteiger partial charge on any atom is 0.255 e. The van der Waals surface area contributed by atoms with Gasteiger partial charge in [-0.05, 0) is 43.0 Å². The lowest BCUT2D eigenvalue weighted by Gasteiger charge is -2.15. The number of carbonyl (C=O) groups is 1. The fourth-order valence-corrected chi connectivity index (χ4v) is 2.22. The fourth-order valence-electron chi connectivity index (χ4n) is 2.22. The molecule has 0 bridgehead atoms. The summed E-state index contributed by atoms with van der Waals surface area (Å²) in [6.45, 7) is 4.00. The number of nitrogens with one attached hydrogen (secondary N) is 1. The summed E-state index contributed by atoms with van der Waals surface area (Å²) in [5.41, 5.74) is 6.18. The summed E-state index contributed by atoms with van der Waals surface area (Å²) >= 11 is 0. The van der Waals surface area contributed by atoms with Gasteiger partial charge in [-0.1, -0.05) is 25.5 Å². The van der Waals surface area contributed by atoms with E-state index in [2.05, 4.69) is 12.2 Å². The number of primary amides is 1. The summed E-state index contributed by atoms with van der Waals surface area (Å²) in [4.78, 5) is 10.6. The molecule has 5 heteroatoms. The lowest BCUT2D eigenvalue weighted by molar-refractivity contribution is -0.119. The highest BCUT2D eigenvalue weighted by atomic mass is 16.5. The summed E-state index contributed by atoms with van der Waals surface area (Å²) in [5.74, 6) is 0.687. The maximum atomic E-state index is 10.6. The normalized spacial score (nSPS) is 12.1. The standard InChI is InChI=1S/C16H26N2O3/c1-2-3-13(8-9-19)10-18-11-14-4-6-15(7-5-14)21-12-16(17)20/h4-7,13,18-19H,2-3,8-12H2,1H3,(H2,17,20). The molecule has 0 heterocycles. The van der Waals surface area contributed by atoms with Crippen molar-refractivity contribution in [1.29, 1.82) is 0 Å². The van der Waals surface area contributed by atoms with E-state index in [1.165, 1.54) is 0 Å². The van der Waals surface area contributed by atoms with Gasteiger partial charge in [0.1, 0.15) is 5.75 Å². The average molecular weight is 294 g/mol. The van der Waals surface area contributed by atoms with Gasteiger partial charge in [-0.25, -0.2) is 0 Å². The third kappa shape index (κ3) is 7.68. The average Bonchev–Trinajstić information content (AvgIpc) is 2.47. The van der Waals surface area contributed by atoms with Crippen LogP contribution in [0.15, 0.2) is 24.3 Å². The summed E-state index contributed by atoms with van der Waals surface area (Å²) in [7, 11) is 0. The number of aliphatic hydroxyl groups is 1. The number of hydrogen-bond acceptors (Lipinski definition) is 4. The topological polar surface area (TPSA) is 84.6 Å². The molecule has 1 atom stereocenters. The van der Waals surface area contributed by atoms with Crippen molar-refractivity contribution in [1.82, 2.24) is 5.32 Å². The third-order valence-corrected chi connectivity index (χ3v) is 3.30. The van der Waals surface area contributed by atoms with Crippen LogP contribution >= 0.6 is 0 Å². The Morgan fingerprint density at radius 2 is 2.05 bits per heavy atom. The van der Waals surface area contributed by atoms with Gasteiger partial charge in [-0.3, -0.25) is 4.79 Å². The maximum absolute atomic E-state index is 10.6. The molecule has 0 spiro atoms. The molecular weight excluding hydrogens is 268 g/mol. The van der Waals surface area contributed by atoms with E-state index in [-0.39, 0.29) is 13.2 Å².